The van der Waals surface area contributed by atoms with Crippen LogP contribution in [-0.2, 0) is 6.42 Å². The van der Waals surface area contributed by atoms with Gasteiger partial charge in [-0.3, -0.25) is 0 Å². The van der Waals surface area contributed by atoms with Crippen LogP contribution in [0.2, 0.25) is 0 Å². The van der Waals surface area contributed by atoms with Crippen molar-refractivity contribution >= 4 is 5.69 Å². The van der Waals surface area contributed by atoms with Gasteiger partial charge < -0.3 is 19.9 Å². The number of benzene rings is 1. The van der Waals surface area contributed by atoms with Crippen molar-refractivity contribution in [3.05, 3.63) is 24.3 Å². The van der Waals surface area contributed by atoms with E-state index in [1.807, 2.05) is 0 Å². The van der Waals surface area contributed by atoms with Crippen molar-refractivity contribution < 1.29 is 14.2 Å². The molecule has 0 aliphatic rings. The molecule has 0 saturated heterocycles. The number of allylic oxidation sites excluding steroid dienone is 1. The monoisotopic (exact) mass is 223 g/mol. The van der Waals surface area contributed by atoms with Crippen LogP contribution in [0.15, 0.2) is 18.7 Å². The van der Waals surface area contributed by atoms with Crippen LogP contribution < -0.4 is 19.9 Å². The van der Waals surface area contributed by atoms with Crippen molar-refractivity contribution in [2.45, 2.75) is 6.42 Å². The second kappa shape index (κ2) is 5.30. The van der Waals surface area contributed by atoms with Gasteiger partial charge in [0.05, 0.1) is 27.0 Å². The predicted molar refractivity (Wildman–Crippen MR) is 64.4 cm³/mol. The van der Waals surface area contributed by atoms with Gasteiger partial charge in [-0.2, -0.15) is 0 Å². The van der Waals surface area contributed by atoms with Crippen LogP contribution in [0.4, 0.5) is 5.69 Å². The van der Waals surface area contributed by atoms with Crippen LogP contribution in [-0.4, -0.2) is 21.3 Å². The highest BCUT2D eigenvalue weighted by Crippen LogP contribution is 2.42. The Morgan fingerprint density at radius 2 is 1.81 bits per heavy atom. The van der Waals surface area contributed by atoms with Crippen LogP contribution in [0.3, 0.4) is 0 Å². The summed E-state index contributed by atoms with van der Waals surface area (Å²) in [5, 5.41) is 0. The number of ether oxygens (including phenoxy) is 3. The zero-order valence-electron chi connectivity index (χ0n) is 9.87. The lowest BCUT2D eigenvalue weighted by atomic mass is 10.1. The smallest absolute Gasteiger partial charge is 0.168 e. The van der Waals surface area contributed by atoms with Gasteiger partial charge >= 0.3 is 0 Å². The van der Waals surface area contributed by atoms with Crippen molar-refractivity contribution in [2.24, 2.45) is 0 Å². The minimum absolute atomic E-state index is 0.525. The molecule has 0 aliphatic carbocycles. The van der Waals surface area contributed by atoms with Crippen molar-refractivity contribution in [1.82, 2.24) is 0 Å². The summed E-state index contributed by atoms with van der Waals surface area (Å²) < 4.78 is 15.8. The van der Waals surface area contributed by atoms with Crippen LogP contribution in [0.25, 0.3) is 0 Å². The SMILES string of the molecule is C=CCc1c(OC)c(N)cc(OC)c1OC. The molecule has 0 saturated carbocycles. The summed E-state index contributed by atoms with van der Waals surface area (Å²) in [5.41, 5.74) is 7.24. The Balaban J connectivity index is 3.46. The first kappa shape index (κ1) is 12.2. The number of anilines is 1. The molecular formula is C12H17NO3. The maximum Gasteiger partial charge on any atom is 0.168 e. The van der Waals surface area contributed by atoms with E-state index in [1.165, 1.54) is 0 Å². The van der Waals surface area contributed by atoms with Gasteiger partial charge in [0.2, 0.25) is 0 Å². The largest absolute Gasteiger partial charge is 0.494 e. The Kier molecular flexibility index (Phi) is 4.05. The van der Waals surface area contributed by atoms with Gasteiger partial charge in [0.1, 0.15) is 5.75 Å². The molecule has 0 radical (unpaired) electrons. The molecule has 4 nitrogen and oxygen atoms in total. The number of nitrogens with two attached hydrogens (primary N) is 1. The zero-order chi connectivity index (χ0) is 12.1. The highest BCUT2D eigenvalue weighted by molar-refractivity contribution is 5.67. The topological polar surface area (TPSA) is 53.7 Å². The molecule has 0 amide bonds. The van der Waals surface area contributed by atoms with Gasteiger partial charge in [-0.1, -0.05) is 6.08 Å². The number of hydrogen-bond acceptors (Lipinski definition) is 4. The fourth-order valence-corrected chi connectivity index (χ4v) is 1.64. The third-order valence-corrected chi connectivity index (χ3v) is 2.30. The Morgan fingerprint density at radius 3 is 2.25 bits per heavy atom. The fourth-order valence-electron chi connectivity index (χ4n) is 1.64. The van der Waals surface area contributed by atoms with E-state index < -0.39 is 0 Å². The zero-order valence-corrected chi connectivity index (χ0v) is 9.87. The molecule has 1 aromatic rings. The van der Waals surface area contributed by atoms with Crippen LogP contribution in [0.5, 0.6) is 17.2 Å². The molecular weight excluding hydrogens is 206 g/mol. The average molecular weight is 223 g/mol. The van der Waals surface area contributed by atoms with E-state index in [1.54, 1.807) is 33.5 Å². The van der Waals surface area contributed by atoms with E-state index >= 15 is 0 Å². The van der Waals surface area contributed by atoms with Gasteiger partial charge in [-0.25, -0.2) is 0 Å². The minimum Gasteiger partial charge on any atom is -0.494 e. The summed E-state index contributed by atoms with van der Waals surface area (Å²) in [6.45, 7) is 3.70. The van der Waals surface area contributed by atoms with Crippen LogP contribution in [0, 0.1) is 0 Å². The normalized spacial score (nSPS) is 9.69. The van der Waals surface area contributed by atoms with Crippen molar-refractivity contribution in [3.63, 3.8) is 0 Å². The molecule has 0 spiro atoms. The standard InChI is InChI=1S/C12H17NO3/c1-5-6-8-11(15-3)9(13)7-10(14-2)12(8)16-4/h5,7H,1,6,13H2,2-4H3. The Bertz CT molecular complexity index is 388. The van der Waals surface area contributed by atoms with E-state index in [0.717, 1.165) is 5.56 Å². The number of methoxy groups -OCH3 is 3. The van der Waals surface area contributed by atoms with E-state index in [2.05, 4.69) is 6.58 Å². The van der Waals surface area contributed by atoms with E-state index in [4.69, 9.17) is 19.9 Å². The molecule has 0 atom stereocenters. The summed E-state index contributed by atoms with van der Waals surface area (Å²) in [4.78, 5) is 0. The highest BCUT2D eigenvalue weighted by Gasteiger charge is 2.17. The third kappa shape index (κ3) is 2.05. The van der Waals surface area contributed by atoms with Crippen molar-refractivity contribution in [2.75, 3.05) is 27.1 Å². The lowest BCUT2D eigenvalue weighted by Crippen LogP contribution is -2.02. The Labute approximate surface area is 95.6 Å². The molecule has 4 heteroatoms. The van der Waals surface area contributed by atoms with Gasteiger partial charge in [-0.05, 0) is 6.42 Å². The van der Waals surface area contributed by atoms with E-state index in [0.29, 0.717) is 29.4 Å². The molecule has 88 valence electrons. The Morgan fingerprint density at radius 1 is 1.19 bits per heavy atom. The molecule has 16 heavy (non-hydrogen) atoms. The summed E-state index contributed by atoms with van der Waals surface area (Å²) >= 11 is 0. The van der Waals surface area contributed by atoms with Gasteiger partial charge in [0.15, 0.2) is 11.5 Å². The summed E-state index contributed by atoms with van der Waals surface area (Å²) in [6.07, 6.45) is 2.37. The first-order valence-electron chi connectivity index (χ1n) is 4.87. The number of rotatable bonds is 5. The van der Waals surface area contributed by atoms with Gasteiger partial charge in [0.25, 0.3) is 0 Å². The van der Waals surface area contributed by atoms with E-state index in [-0.39, 0.29) is 0 Å². The van der Waals surface area contributed by atoms with E-state index in [9.17, 15) is 0 Å². The fraction of sp³-hybridized carbons (Fsp3) is 0.333. The summed E-state index contributed by atoms with van der Waals surface area (Å²) in [5.74, 6) is 1.84. The van der Waals surface area contributed by atoms with Crippen LogP contribution >= 0.6 is 0 Å². The molecule has 1 rings (SSSR count). The molecule has 0 unspecified atom stereocenters. The Hall–Kier alpha value is -1.84. The minimum atomic E-state index is 0.525. The third-order valence-electron chi connectivity index (χ3n) is 2.30. The molecule has 0 aliphatic heterocycles. The van der Waals surface area contributed by atoms with Crippen LogP contribution in [0.1, 0.15) is 5.56 Å². The molecule has 1 aromatic carbocycles. The maximum atomic E-state index is 5.87. The quantitative estimate of drug-likeness (QED) is 0.613. The first-order valence-corrected chi connectivity index (χ1v) is 4.87. The lowest BCUT2D eigenvalue weighted by molar-refractivity contribution is 0.345. The molecule has 0 aromatic heterocycles. The molecule has 0 heterocycles. The lowest BCUT2D eigenvalue weighted by Gasteiger charge is -2.17. The maximum absolute atomic E-state index is 5.87. The molecule has 0 fully saturated rings. The second-order valence-electron chi connectivity index (χ2n) is 3.21. The average Bonchev–Trinajstić information content (AvgIpc) is 2.29. The summed E-state index contributed by atoms with van der Waals surface area (Å²) in [6, 6.07) is 1.68. The van der Waals surface area contributed by atoms with Gasteiger partial charge in [-0.15, -0.1) is 6.58 Å². The first-order chi connectivity index (χ1) is 7.69. The molecule has 0 bridgehead atoms. The second-order valence-corrected chi connectivity index (χ2v) is 3.21. The number of nitrogen functional groups attached to an aromatic ring is 1. The summed E-state index contributed by atoms with van der Waals surface area (Å²) in [7, 11) is 4.73. The van der Waals surface area contributed by atoms with Crippen molar-refractivity contribution in [1.29, 1.82) is 0 Å². The molecule has 2 N–H and O–H groups in total. The number of hydrogen-bond donors (Lipinski definition) is 1. The van der Waals surface area contributed by atoms with Gasteiger partial charge in [0, 0.05) is 11.6 Å². The predicted octanol–water partition coefficient (Wildman–Crippen LogP) is 2.02. The highest BCUT2D eigenvalue weighted by atomic mass is 16.5. The van der Waals surface area contributed by atoms with Crippen molar-refractivity contribution in [3.8, 4) is 17.2 Å².